The maximum atomic E-state index is 10.9. The molecule has 0 spiro atoms. The lowest BCUT2D eigenvalue weighted by Crippen LogP contribution is -2.44. The van der Waals surface area contributed by atoms with Gasteiger partial charge < -0.3 is 5.11 Å². The van der Waals surface area contributed by atoms with E-state index in [4.69, 9.17) is 0 Å². The number of aryl methyl sites for hydroxylation is 1. The molecule has 0 bridgehead atoms. The molecule has 0 saturated carbocycles. The summed E-state index contributed by atoms with van der Waals surface area (Å²) in [5.74, 6) is 0. The smallest absolute Gasteiger partial charge is 0.115 e. The van der Waals surface area contributed by atoms with Gasteiger partial charge in [-0.1, -0.05) is 6.42 Å². The summed E-state index contributed by atoms with van der Waals surface area (Å²) in [7, 11) is 0. The van der Waals surface area contributed by atoms with Crippen LogP contribution in [0.15, 0.2) is 12.1 Å². The monoisotopic (exact) mass is 237 g/mol. The van der Waals surface area contributed by atoms with Crippen LogP contribution in [0.25, 0.3) is 0 Å². The van der Waals surface area contributed by atoms with Gasteiger partial charge in [-0.15, -0.1) is 11.3 Å². The van der Waals surface area contributed by atoms with E-state index >= 15 is 0 Å². The lowest BCUT2D eigenvalue weighted by molar-refractivity contribution is -0.0108. The molecule has 1 aromatic heterocycles. The molecule has 2 unspecified atom stereocenters. The Balaban J connectivity index is 1.92. The van der Waals surface area contributed by atoms with Crippen LogP contribution in [0.3, 0.4) is 0 Å². The molecule has 16 heavy (non-hydrogen) atoms. The molecule has 0 radical (unpaired) electrons. The second-order valence-electron chi connectivity index (χ2n) is 5.13. The predicted molar refractivity (Wildman–Crippen MR) is 66.8 cm³/mol. The summed E-state index contributed by atoms with van der Waals surface area (Å²) in [4.78, 5) is 4.97. The van der Waals surface area contributed by atoms with E-state index in [-0.39, 0.29) is 0 Å². The second kappa shape index (κ2) is 3.83. The molecular formula is C13H19NOS. The molecular weight excluding hydrogens is 218 g/mol. The van der Waals surface area contributed by atoms with Crippen molar-refractivity contribution in [1.82, 2.24) is 4.90 Å². The van der Waals surface area contributed by atoms with Crippen LogP contribution in [0.2, 0.25) is 0 Å². The summed E-state index contributed by atoms with van der Waals surface area (Å²) in [6, 6.07) is 4.63. The number of aliphatic hydroxyl groups is 1. The van der Waals surface area contributed by atoms with Crippen molar-refractivity contribution in [3.05, 3.63) is 21.9 Å². The minimum Gasteiger partial charge on any atom is -0.383 e. The van der Waals surface area contributed by atoms with Gasteiger partial charge in [0.05, 0.1) is 0 Å². The summed E-state index contributed by atoms with van der Waals surface area (Å²) in [6.45, 7) is 4.36. The Hall–Kier alpha value is -0.380. The highest BCUT2D eigenvalue weighted by Gasteiger charge is 2.48. The quantitative estimate of drug-likeness (QED) is 0.811. The van der Waals surface area contributed by atoms with Crippen LogP contribution in [0.5, 0.6) is 0 Å². The van der Waals surface area contributed by atoms with Gasteiger partial charge in [-0.05, 0) is 44.9 Å². The Labute approximate surface area is 101 Å². The van der Waals surface area contributed by atoms with Gasteiger partial charge in [0.2, 0.25) is 0 Å². The van der Waals surface area contributed by atoms with Crippen molar-refractivity contribution < 1.29 is 5.11 Å². The second-order valence-corrected chi connectivity index (χ2v) is 6.42. The van der Waals surface area contributed by atoms with Crippen LogP contribution in [-0.4, -0.2) is 29.1 Å². The van der Waals surface area contributed by atoms with Crippen molar-refractivity contribution in [2.24, 2.45) is 0 Å². The summed E-state index contributed by atoms with van der Waals surface area (Å²) in [5.41, 5.74) is -0.556. The molecule has 0 aliphatic carbocycles. The molecule has 2 aliphatic rings. The van der Waals surface area contributed by atoms with Crippen LogP contribution in [0.4, 0.5) is 0 Å². The summed E-state index contributed by atoms with van der Waals surface area (Å²) < 4.78 is 0. The average molecular weight is 237 g/mol. The molecule has 2 nitrogen and oxygen atoms in total. The molecule has 3 heteroatoms. The van der Waals surface area contributed by atoms with E-state index in [0.717, 1.165) is 19.4 Å². The topological polar surface area (TPSA) is 23.5 Å². The van der Waals surface area contributed by atoms with E-state index in [9.17, 15) is 5.11 Å². The zero-order valence-corrected chi connectivity index (χ0v) is 10.6. The number of piperidine rings is 1. The molecule has 1 N–H and O–H groups in total. The summed E-state index contributed by atoms with van der Waals surface area (Å²) in [6.07, 6.45) is 4.65. The minimum absolute atomic E-state index is 0.374. The fourth-order valence-electron chi connectivity index (χ4n) is 3.23. The van der Waals surface area contributed by atoms with Gasteiger partial charge in [0.25, 0.3) is 0 Å². The highest BCUT2D eigenvalue weighted by molar-refractivity contribution is 7.12. The normalized spacial score (nSPS) is 35.2. The molecule has 0 aromatic carbocycles. The predicted octanol–water partition coefficient (Wildman–Crippen LogP) is 2.50. The standard InChI is InChI=1S/C13H19NOS/c1-10-5-6-12(16-10)13(15)7-9-14-8-3-2-4-11(13)14/h5-6,11,15H,2-4,7-9H2,1H3. The Kier molecular flexibility index (Phi) is 2.57. The number of thiophene rings is 1. The number of hydrogen-bond donors (Lipinski definition) is 1. The first-order chi connectivity index (χ1) is 7.70. The van der Waals surface area contributed by atoms with Crippen LogP contribution in [-0.2, 0) is 5.60 Å². The lowest BCUT2D eigenvalue weighted by Gasteiger charge is -2.36. The first-order valence-corrected chi connectivity index (χ1v) is 7.05. The van der Waals surface area contributed by atoms with Crippen molar-refractivity contribution >= 4 is 11.3 Å². The maximum Gasteiger partial charge on any atom is 0.115 e. The number of hydrogen-bond acceptors (Lipinski definition) is 3. The van der Waals surface area contributed by atoms with Crippen LogP contribution in [0.1, 0.15) is 35.4 Å². The van der Waals surface area contributed by atoms with Crippen molar-refractivity contribution in [3.8, 4) is 0 Å². The molecule has 0 amide bonds. The third-order valence-corrected chi connectivity index (χ3v) is 5.28. The van der Waals surface area contributed by atoms with Gasteiger partial charge in [-0.2, -0.15) is 0 Å². The van der Waals surface area contributed by atoms with Crippen molar-refractivity contribution in [2.45, 2.75) is 44.2 Å². The zero-order chi connectivity index (χ0) is 11.2. The van der Waals surface area contributed by atoms with Gasteiger partial charge in [0, 0.05) is 22.3 Å². The fourth-order valence-corrected chi connectivity index (χ4v) is 4.27. The fraction of sp³-hybridized carbons (Fsp3) is 0.692. The molecule has 2 fully saturated rings. The number of fused-ring (bicyclic) bond motifs is 1. The number of rotatable bonds is 1. The highest BCUT2D eigenvalue weighted by atomic mass is 32.1. The van der Waals surface area contributed by atoms with Gasteiger partial charge >= 0.3 is 0 Å². The van der Waals surface area contributed by atoms with Crippen LogP contribution in [0, 0.1) is 6.92 Å². The Morgan fingerprint density at radius 3 is 3.00 bits per heavy atom. The van der Waals surface area contributed by atoms with Gasteiger partial charge in [-0.3, -0.25) is 4.90 Å². The van der Waals surface area contributed by atoms with Crippen LogP contribution >= 0.6 is 11.3 Å². The SMILES string of the molecule is Cc1ccc(C2(O)CCN3CCCCC32)s1. The average Bonchev–Trinajstić information content (AvgIpc) is 2.86. The van der Waals surface area contributed by atoms with E-state index in [1.165, 1.54) is 29.1 Å². The Morgan fingerprint density at radius 2 is 2.25 bits per heavy atom. The summed E-state index contributed by atoms with van der Waals surface area (Å²) >= 11 is 1.76. The zero-order valence-electron chi connectivity index (χ0n) is 9.78. The van der Waals surface area contributed by atoms with Crippen molar-refractivity contribution in [1.29, 1.82) is 0 Å². The van der Waals surface area contributed by atoms with Gasteiger partial charge in [0.1, 0.15) is 5.60 Å². The minimum atomic E-state index is -0.556. The molecule has 1 aromatic rings. The van der Waals surface area contributed by atoms with Crippen molar-refractivity contribution in [2.75, 3.05) is 13.1 Å². The third-order valence-electron chi connectivity index (χ3n) is 4.11. The molecule has 3 rings (SSSR count). The largest absolute Gasteiger partial charge is 0.383 e. The first-order valence-electron chi connectivity index (χ1n) is 6.23. The molecule has 3 heterocycles. The van der Waals surface area contributed by atoms with E-state index in [1.807, 2.05) is 0 Å². The van der Waals surface area contributed by atoms with Crippen molar-refractivity contribution in [3.63, 3.8) is 0 Å². The van der Waals surface area contributed by atoms with E-state index < -0.39 is 5.60 Å². The summed E-state index contributed by atoms with van der Waals surface area (Å²) in [5, 5.41) is 10.9. The van der Waals surface area contributed by atoms with Gasteiger partial charge in [0.15, 0.2) is 0 Å². The lowest BCUT2D eigenvalue weighted by atomic mass is 9.87. The molecule has 2 saturated heterocycles. The number of nitrogens with zero attached hydrogens (tertiary/aromatic N) is 1. The highest BCUT2D eigenvalue weighted by Crippen LogP contribution is 2.44. The first kappa shape index (κ1) is 10.8. The molecule has 88 valence electrons. The maximum absolute atomic E-state index is 10.9. The van der Waals surface area contributed by atoms with E-state index in [0.29, 0.717) is 6.04 Å². The Bertz CT molecular complexity index is 389. The van der Waals surface area contributed by atoms with E-state index in [1.54, 1.807) is 11.3 Å². The van der Waals surface area contributed by atoms with Gasteiger partial charge in [-0.25, -0.2) is 0 Å². The Morgan fingerprint density at radius 1 is 1.38 bits per heavy atom. The third kappa shape index (κ3) is 1.53. The van der Waals surface area contributed by atoms with E-state index in [2.05, 4.69) is 24.0 Å². The molecule has 2 atom stereocenters. The van der Waals surface area contributed by atoms with Crippen LogP contribution < -0.4 is 0 Å². The molecule has 2 aliphatic heterocycles.